The monoisotopic (exact) mass is 404 g/mol. The molecule has 2 atom stereocenters. The van der Waals surface area contributed by atoms with Gasteiger partial charge in [-0.3, -0.25) is 4.79 Å². The SMILES string of the molecule is CCN(C(=O)Nc1ccccc1I)C1COCC1C(=O)O. The third-order valence-corrected chi connectivity index (χ3v) is 4.43. The molecule has 114 valence electrons. The zero-order valence-electron chi connectivity index (χ0n) is 11.6. The summed E-state index contributed by atoms with van der Waals surface area (Å²) < 4.78 is 6.16. The van der Waals surface area contributed by atoms with Crippen molar-refractivity contribution >= 4 is 40.3 Å². The van der Waals surface area contributed by atoms with Crippen LogP contribution in [0.15, 0.2) is 24.3 Å². The van der Waals surface area contributed by atoms with Gasteiger partial charge in [0.05, 0.1) is 24.9 Å². The molecular formula is C14H17IN2O4. The molecule has 7 heteroatoms. The zero-order chi connectivity index (χ0) is 15.4. The van der Waals surface area contributed by atoms with Crippen LogP contribution in [-0.2, 0) is 9.53 Å². The van der Waals surface area contributed by atoms with E-state index in [0.29, 0.717) is 12.2 Å². The van der Waals surface area contributed by atoms with Gasteiger partial charge in [0.1, 0.15) is 5.92 Å². The number of carboxylic acid groups (broad SMARTS) is 1. The Labute approximate surface area is 136 Å². The molecule has 0 spiro atoms. The Morgan fingerprint density at radius 2 is 2.14 bits per heavy atom. The highest BCUT2D eigenvalue weighted by Crippen LogP contribution is 2.22. The highest BCUT2D eigenvalue weighted by atomic mass is 127. The van der Waals surface area contributed by atoms with Crippen LogP contribution in [0.25, 0.3) is 0 Å². The number of nitrogens with zero attached hydrogens (tertiary/aromatic N) is 1. The number of ether oxygens (including phenoxy) is 1. The smallest absolute Gasteiger partial charge is 0.322 e. The highest BCUT2D eigenvalue weighted by molar-refractivity contribution is 14.1. The summed E-state index contributed by atoms with van der Waals surface area (Å²) >= 11 is 2.14. The van der Waals surface area contributed by atoms with E-state index in [2.05, 4.69) is 27.9 Å². The normalized spacial score (nSPS) is 21.0. The number of carboxylic acids is 1. The van der Waals surface area contributed by atoms with E-state index in [1.165, 1.54) is 4.90 Å². The maximum absolute atomic E-state index is 12.4. The van der Waals surface area contributed by atoms with Crippen molar-refractivity contribution in [2.24, 2.45) is 5.92 Å². The van der Waals surface area contributed by atoms with E-state index in [9.17, 15) is 14.7 Å². The van der Waals surface area contributed by atoms with Crippen molar-refractivity contribution in [2.75, 3.05) is 25.1 Å². The molecule has 0 bridgehead atoms. The second-order valence-electron chi connectivity index (χ2n) is 4.75. The molecule has 1 saturated heterocycles. The van der Waals surface area contributed by atoms with Gasteiger partial charge in [0.25, 0.3) is 0 Å². The molecule has 0 radical (unpaired) electrons. The van der Waals surface area contributed by atoms with Gasteiger partial charge in [-0.05, 0) is 41.6 Å². The first-order chi connectivity index (χ1) is 10.0. The summed E-state index contributed by atoms with van der Waals surface area (Å²) in [6.07, 6.45) is 0. The van der Waals surface area contributed by atoms with E-state index >= 15 is 0 Å². The third-order valence-electron chi connectivity index (χ3n) is 3.49. The van der Waals surface area contributed by atoms with Gasteiger partial charge in [-0.15, -0.1) is 0 Å². The van der Waals surface area contributed by atoms with E-state index in [1.54, 1.807) is 0 Å². The molecule has 1 fully saturated rings. The Morgan fingerprint density at radius 1 is 1.43 bits per heavy atom. The highest BCUT2D eigenvalue weighted by Gasteiger charge is 2.39. The van der Waals surface area contributed by atoms with Crippen LogP contribution in [-0.4, -0.2) is 47.8 Å². The predicted octanol–water partition coefficient (Wildman–Crippen LogP) is 2.24. The van der Waals surface area contributed by atoms with Crippen molar-refractivity contribution < 1.29 is 19.4 Å². The molecule has 0 aromatic heterocycles. The Morgan fingerprint density at radius 3 is 2.76 bits per heavy atom. The van der Waals surface area contributed by atoms with Gasteiger partial charge in [0, 0.05) is 10.1 Å². The van der Waals surface area contributed by atoms with E-state index in [0.717, 1.165) is 3.57 Å². The van der Waals surface area contributed by atoms with Crippen LogP contribution in [0.1, 0.15) is 6.92 Å². The number of benzene rings is 1. The van der Waals surface area contributed by atoms with Crippen molar-refractivity contribution in [2.45, 2.75) is 13.0 Å². The molecule has 2 amide bonds. The van der Waals surface area contributed by atoms with Gasteiger partial charge in [-0.25, -0.2) is 4.79 Å². The second-order valence-corrected chi connectivity index (χ2v) is 5.91. The van der Waals surface area contributed by atoms with E-state index in [-0.39, 0.29) is 19.2 Å². The Bertz CT molecular complexity index is 537. The predicted molar refractivity (Wildman–Crippen MR) is 86.3 cm³/mol. The largest absolute Gasteiger partial charge is 0.481 e. The van der Waals surface area contributed by atoms with Gasteiger partial charge in [-0.1, -0.05) is 12.1 Å². The molecule has 0 aliphatic carbocycles. The summed E-state index contributed by atoms with van der Waals surface area (Å²) in [6.45, 7) is 2.65. The van der Waals surface area contributed by atoms with Gasteiger partial charge in [0.15, 0.2) is 0 Å². The minimum atomic E-state index is -0.932. The fourth-order valence-electron chi connectivity index (χ4n) is 2.36. The average molecular weight is 404 g/mol. The topological polar surface area (TPSA) is 78.9 Å². The van der Waals surface area contributed by atoms with Crippen LogP contribution in [0.5, 0.6) is 0 Å². The minimum Gasteiger partial charge on any atom is -0.481 e. The lowest BCUT2D eigenvalue weighted by molar-refractivity contribution is -0.142. The summed E-state index contributed by atoms with van der Waals surface area (Å²) in [5.41, 5.74) is 0.715. The molecule has 1 aromatic rings. The molecule has 21 heavy (non-hydrogen) atoms. The van der Waals surface area contributed by atoms with Gasteiger partial charge >= 0.3 is 12.0 Å². The zero-order valence-corrected chi connectivity index (χ0v) is 13.7. The van der Waals surface area contributed by atoms with Crippen LogP contribution >= 0.6 is 22.6 Å². The van der Waals surface area contributed by atoms with Crippen molar-refractivity contribution in [3.05, 3.63) is 27.8 Å². The summed E-state index contributed by atoms with van der Waals surface area (Å²) in [5.74, 6) is -1.61. The van der Waals surface area contributed by atoms with E-state index in [1.807, 2.05) is 31.2 Å². The third kappa shape index (κ3) is 3.65. The number of likely N-dealkylation sites (N-methyl/N-ethyl adjacent to an activating group) is 1. The fourth-order valence-corrected chi connectivity index (χ4v) is 2.89. The first-order valence-electron chi connectivity index (χ1n) is 6.67. The van der Waals surface area contributed by atoms with Crippen LogP contribution < -0.4 is 5.32 Å². The van der Waals surface area contributed by atoms with Gasteiger partial charge < -0.3 is 20.1 Å². The lowest BCUT2D eigenvalue weighted by Gasteiger charge is -2.29. The van der Waals surface area contributed by atoms with Crippen LogP contribution in [0, 0.1) is 9.49 Å². The maximum Gasteiger partial charge on any atom is 0.322 e. The second kappa shape index (κ2) is 7.08. The number of para-hydroxylation sites is 1. The summed E-state index contributed by atoms with van der Waals surface area (Å²) in [5, 5.41) is 12.0. The molecule has 1 aliphatic heterocycles. The molecule has 0 saturated carbocycles. The summed E-state index contributed by atoms with van der Waals surface area (Å²) in [6, 6.07) is 6.70. The van der Waals surface area contributed by atoms with Crippen molar-refractivity contribution in [3.63, 3.8) is 0 Å². The lowest BCUT2D eigenvalue weighted by atomic mass is 10.0. The number of hydrogen-bond acceptors (Lipinski definition) is 3. The number of carbonyl (C=O) groups is 2. The standard InChI is InChI=1S/C14H17IN2O4/c1-2-17(12-8-21-7-9(12)13(18)19)14(20)16-11-6-4-3-5-10(11)15/h3-6,9,12H,2,7-8H2,1H3,(H,16,20)(H,18,19). The molecule has 1 aliphatic rings. The van der Waals surface area contributed by atoms with Crippen LogP contribution in [0.2, 0.25) is 0 Å². The number of hydrogen-bond donors (Lipinski definition) is 2. The Hall–Kier alpha value is -1.35. The van der Waals surface area contributed by atoms with Crippen molar-refractivity contribution in [3.8, 4) is 0 Å². The van der Waals surface area contributed by atoms with Gasteiger partial charge in [0.2, 0.25) is 0 Å². The first kappa shape index (κ1) is 16.0. The quantitative estimate of drug-likeness (QED) is 0.755. The lowest BCUT2D eigenvalue weighted by Crippen LogP contribution is -2.48. The van der Waals surface area contributed by atoms with Crippen LogP contribution in [0.4, 0.5) is 10.5 Å². The molecular weight excluding hydrogens is 387 g/mol. The number of rotatable bonds is 4. The Kier molecular flexibility index (Phi) is 5.40. The Balaban J connectivity index is 2.12. The van der Waals surface area contributed by atoms with Crippen LogP contribution in [0.3, 0.4) is 0 Å². The molecule has 1 aromatic carbocycles. The molecule has 2 unspecified atom stereocenters. The number of urea groups is 1. The number of carbonyl (C=O) groups excluding carboxylic acids is 1. The summed E-state index contributed by atoms with van der Waals surface area (Å²) in [4.78, 5) is 25.2. The average Bonchev–Trinajstić information content (AvgIpc) is 2.91. The number of nitrogens with one attached hydrogen (secondary N) is 1. The molecule has 2 N–H and O–H groups in total. The summed E-state index contributed by atoms with van der Waals surface area (Å²) in [7, 11) is 0. The van der Waals surface area contributed by atoms with E-state index < -0.39 is 17.9 Å². The number of aliphatic carboxylic acids is 1. The molecule has 1 heterocycles. The first-order valence-corrected chi connectivity index (χ1v) is 7.75. The number of halogens is 1. The fraction of sp³-hybridized carbons (Fsp3) is 0.429. The number of anilines is 1. The molecule has 6 nitrogen and oxygen atoms in total. The van der Waals surface area contributed by atoms with E-state index in [4.69, 9.17) is 4.74 Å². The molecule has 2 rings (SSSR count). The maximum atomic E-state index is 12.4. The minimum absolute atomic E-state index is 0.145. The van der Waals surface area contributed by atoms with Crippen molar-refractivity contribution in [1.29, 1.82) is 0 Å². The number of amides is 2. The van der Waals surface area contributed by atoms with Crippen molar-refractivity contribution in [1.82, 2.24) is 4.90 Å². The van der Waals surface area contributed by atoms with Gasteiger partial charge in [-0.2, -0.15) is 0 Å².